The van der Waals surface area contributed by atoms with Gasteiger partial charge in [-0.25, -0.2) is 9.97 Å². The fraction of sp³-hybridized carbons (Fsp3) is 0.438. The van der Waals surface area contributed by atoms with Crippen LogP contribution < -0.4 is 10.6 Å². The van der Waals surface area contributed by atoms with E-state index in [0.29, 0.717) is 37.9 Å². The molecule has 3 aliphatic rings. The molecule has 0 saturated carbocycles. The summed E-state index contributed by atoms with van der Waals surface area (Å²) < 4.78 is 8.09. The number of fused-ring (bicyclic) bond motifs is 2. The van der Waals surface area contributed by atoms with Crippen LogP contribution in [-0.2, 0) is 37.9 Å². The molecule has 10 nitrogen and oxygen atoms in total. The third-order valence-corrected chi connectivity index (χ3v) is 8.86. The lowest BCUT2D eigenvalue weighted by Crippen LogP contribution is -2.37. The first-order chi connectivity index (χ1) is 20.2. The number of benzene rings is 1. The molecule has 0 spiro atoms. The van der Waals surface area contributed by atoms with Gasteiger partial charge in [-0.15, -0.1) is 0 Å². The van der Waals surface area contributed by atoms with Crippen molar-refractivity contribution in [1.82, 2.24) is 35.0 Å². The number of imidazole rings is 1. The maximum Gasteiger partial charge on any atom is 0.291 e. The van der Waals surface area contributed by atoms with Crippen LogP contribution in [0.4, 0.5) is 0 Å². The molecule has 1 atom stereocenters. The van der Waals surface area contributed by atoms with E-state index in [4.69, 9.17) is 9.40 Å². The normalized spacial score (nSPS) is 19.0. The van der Waals surface area contributed by atoms with Crippen molar-refractivity contribution in [2.45, 2.75) is 52.7 Å². The molecule has 1 aliphatic carbocycles. The molecule has 10 heteroatoms. The van der Waals surface area contributed by atoms with Crippen molar-refractivity contribution < 1.29 is 14.0 Å². The highest BCUT2D eigenvalue weighted by Crippen LogP contribution is 2.44. The van der Waals surface area contributed by atoms with Gasteiger partial charge in [-0.3, -0.25) is 14.5 Å². The Morgan fingerprint density at radius 3 is 2.81 bits per heavy atom. The molecule has 2 N–H and O–H groups in total. The number of hydrogen-bond donors (Lipinski definition) is 2. The largest absolute Gasteiger partial charge is 0.439 e. The monoisotopic (exact) mass is 569 g/mol. The predicted octanol–water partition coefficient (Wildman–Crippen LogP) is 3.51. The van der Waals surface area contributed by atoms with Gasteiger partial charge in [0, 0.05) is 54.8 Å². The number of carbonyl (C=O) groups is 2. The van der Waals surface area contributed by atoms with Crippen molar-refractivity contribution in [3.8, 4) is 11.5 Å². The molecule has 2 aliphatic heterocycles. The zero-order chi connectivity index (χ0) is 29.6. The Hall–Kier alpha value is -4.02. The van der Waals surface area contributed by atoms with Gasteiger partial charge in [0.2, 0.25) is 11.8 Å². The minimum atomic E-state index is -0.389. The SMILES string of the molecule is CCN(C)CC(=O)N1Cc2nc(-c3cccc(C4C=CC=C(NC(=O)c5nc6c(n5C)CCNC6)C4(C)C)c3)oc2C1. The van der Waals surface area contributed by atoms with E-state index in [0.717, 1.165) is 59.2 Å². The van der Waals surface area contributed by atoms with Gasteiger partial charge in [-0.2, -0.15) is 0 Å². The van der Waals surface area contributed by atoms with Crippen LogP contribution in [0.15, 0.2) is 52.6 Å². The number of allylic oxidation sites excluding steroid dienone is 4. The topological polar surface area (TPSA) is 109 Å². The number of amides is 2. The van der Waals surface area contributed by atoms with E-state index >= 15 is 0 Å². The lowest BCUT2D eigenvalue weighted by Gasteiger charge is -2.37. The van der Waals surface area contributed by atoms with E-state index in [2.05, 4.69) is 47.7 Å². The predicted molar refractivity (Wildman–Crippen MR) is 159 cm³/mol. The highest BCUT2D eigenvalue weighted by Gasteiger charge is 2.37. The van der Waals surface area contributed by atoms with Crippen LogP contribution in [-0.4, -0.2) is 62.8 Å². The van der Waals surface area contributed by atoms with E-state index in [9.17, 15) is 9.59 Å². The third kappa shape index (κ3) is 5.09. The first kappa shape index (κ1) is 28.1. The van der Waals surface area contributed by atoms with Crippen molar-refractivity contribution in [1.29, 1.82) is 0 Å². The summed E-state index contributed by atoms with van der Waals surface area (Å²) in [6.07, 6.45) is 7.02. The summed E-state index contributed by atoms with van der Waals surface area (Å²) in [5, 5.41) is 6.50. The minimum Gasteiger partial charge on any atom is -0.439 e. The third-order valence-electron chi connectivity index (χ3n) is 8.86. The Labute approximate surface area is 246 Å². The average Bonchev–Trinajstić information content (AvgIpc) is 3.66. The summed E-state index contributed by atoms with van der Waals surface area (Å²) in [4.78, 5) is 39.2. The summed E-state index contributed by atoms with van der Waals surface area (Å²) in [5.74, 6) is 1.65. The zero-order valence-electron chi connectivity index (χ0n) is 25.0. The summed E-state index contributed by atoms with van der Waals surface area (Å²) in [6.45, 7) is 10.0. The molecule has 220 valence electrons. The van der Waals surface area contributed by atoms with Gasteiger partial charge in [0.1, 0.15) is 11.5 Å². The number of carbonyl (C=O) groups excluding carboxylic acids is 2. The quantitative estimate of drug-likeness (QED) is 0.448. The highest BCUT2D eigenvalue weighted by molar-refractivity contribution is 5.92. The molecule has 2 amide bonds. The first-order valence-electron chi connectivity index (χ1n) is 14.7. The molecule has 0 fully saturated rings. The number of nitrogens with zero attached hydrogens (tertiary/aromatic N) is 5. The van der Waals surface area contributed by atoms with E-state index in [1.807, 2.05) is 54.8 Å². The Balaban J connectivity index is 1.17. The lowest BCUT2D eigenvalue weighted by molar-refractivity contribution is -0.132. The van der Waals surface area contributed by atoms with E-state index < -0.39 is 0 Å². The fourth-order valence-electron chi connectivity index (χ4n) is 6.10. The van der Waals surface area contributed by atoms with Crippen molar-refractivity contribution in [2.24, 2.45) is 12.5 Å². The molecule has 1 unspecified atom stereocenters. The number of hydrogen-bond acceptors (Lipinski definition) is 7. The van der Waals surface area contributed by atoms with Crippen LogP contribution in [0.1, 0.15) is 65.7 Å². The van der Waals surface area contributed by atoms with Crippen molar-refractivity contribution in [2.75, 3.05) is 26.7 Å². The summed E-state index contributed by atoms with van der Waals surface area (Å²) in [6, 6.07) is 8.23. The second kappa shape index (κ2) is 11.0. The van der Waals surface area contributed by atoms with Gasteiger partial charge in [-0.05, 0) is 37.4 Å². The number of aromatic nitrogens is 3. The second-order valence-electron chi connectivity index (χ2n) is 12.0. The molecule has 0 radical (unpaired) electrons. The molecule has 6 rings (SSSR count). The Morgan fingerprint density at radius 1 is 1.21 bits per heavy atom. The zero-order valence-corrected chi connectivity index (χ0v) is 25.0. The van der Waals surface area contributed by atoms with Crippen LogP contribution >= 0.6 is 0 Å². The Bertz CT molecular complexity index is 1570. The molecule has 2 aromatic heterocycles. The number of oxazole rings is 1. The summed E-state index contributed by atoms with van der Waals surface area (Å²) in [5.41, 5.74) is 5.33. The van der Waals surface area contributed by atoms with Gasteiger partial charge < -0.3 is 24.5 Å². The number of nitrogens with one attached hydrogen (secondary N) is 2. The van der Waals surface area contributed by atoms with Gasteiger partial charge in [0.05, 0.1) is 25.3 Å². The molecular formula is C32H39N7O3. The van der Waals surface area contributed by atoms with Crippen molar-refractivity contribution in [3.63, 3.8) is 0 Å². The van der Waals surface area contributed by atoms with Gasteiger partial charge in [0.25, 0.3) is 5.91 Å². The van der Waals surface area contributed by atoms with Gasteiger partial charge in [0.15, 0.2) is 5.82 Å². The maximum atomic E-state index is 13.4. The second-order valence-corrected chi connectivity index (χ2v) is 12.0. The van der Waals surface area contributed by atoms with E-state index in [-0.39, 0.29) is 23.1 Å². The van der Waals surface area contributed by atoms with Gasteiger partial charge in [-0.1, -0.05) is 45.1 Å². The molecule has 0 bridgehead atoms. The highest BCUT2D eigenvalue weighted by atomic mass is 16.4. The van der Waals surface area contributed by atoms with Gasteiger partial charge >= 0.3 is 0 Å². The Morgan fingerprint density at radius 2 is 2.05 bits per heavy atom. The minimum absolute atomic E-state index is 0.0157. The summed E-state index contributed by atoms with van der Waals surface area (Å²) in [7, 11) is 3.86. The molecule has 1 aromatic carbocycles. The molecule has 3 aromatic rings. The molecule has 0 saturated heterocycles. The maximum absolute atomic E-state index is 13.4. The standard InChI is InChI=1S/C32H39N7O3/c1-6-37(4)19-28(40)39-17-24-26(18-39)42-31(35-24)21-10-7-9-20(15-21)22-11-8-12-27(32(22,2)3)36-30(41)29-34-23-16-33-14-13-25(23)38(29)5/h7-12,15,22,33H,6,13-14,16-19H2,1-5H3,(H,36,41). The molecule has 42 heavy (non-hydrogen) atoms. The van der Waals surface area contributed by atoms with E-state index in [1.54, 1.807) is 4.90 Å². The van der Waals surface area contributed by atoms with Crippen molar-refractivity contribution in [3.05, 3.63) is 82.4 Å². The molecular weight excluding hydrogens is 530 g/mol. The molecule has 4 heterocycles. The fourth-order valence-corrected chi connectivity index (χ4v) is 6.10. The summed E-state index contributed by atoms with van der Waals surface area (Å²) >= 11 is 0. The first-order valence-corrected chi connectivity index (χ1v) is 14.7. The number of likely N-dealkylation sites (N-methyl/N-ethyl adjacent to an activating group) is 1. The lowest BCUT2D eigenvalue weighted by atomic mass is 9.70. The number of rotatable bonds is 7. The average molecular weight is 570 g/mol. The van der Waals surface area contributed by atoms with Crippen LogP contribution in [0.3, 0.4) is 0 Å². The van der Waals surface area contributed by atoms with Crippen LogP contribution in [0.5, 0.6) is 0 Å². The van der Waals surface area contributed by atoms with Crippen LogP contribution in [0.2, 0.25) is 0 Å². The van der Waals surface area contributed by atoms with Crippen LogP contribution in [0.25, 0.3) is 11.5 Å². The Kier molecular flexibility index (Phi) is 7.36. The smallest absolute Gasteiger partial charge is 0.291 e. The van der Waals surface area contributed by atoms with Crippen LogP contribution in [0, 0.1) is 5.41 Å². The van der Waals surface area contributed by atoms with Crippen molar-refractivity contribution >= 4 is 11.8 Å². The van der Waals surface area contributed by atoms with E-state index in [1.165, 1.54) is 0 Å².